The molecule has 0 aliphatic carbocycles. The van der Waals surface area contributed by atoms with E-state index < -0.39 is 0 Å². The molecule has 3 heteroatoms. The molecule has 2 heterocycles. The van der Waals surface area contributed by atoms with Gasteiger partial charge in [0.1, 0.15) is 0 Å². The topological polar surface area (TPSA) is 23.6 Å². The molecule has 1 aromatic carbocycles. The molecule has 0 spiro atoms. The van der Waals surface area contributed by atoms with Crippen LogP contribution >= 0.6 is 0 Å². The summed E-state index contributed by atoms with van der Waals surface area (Å²) < 4.78 is 0. The molecule has 0 bridgehead atoms. The van der Waals surface area contributed by atoms with E-state index in [1.54, 1.807) is 0 Å². The second-order valence-electron chi connectivity index (χ2n) is 5.29. The van der Waals surface area contributed by atoms with E-state index in [9.17, 15) is 4.79 Å². The maximum Gasteiger partial charge on any atom is 0.244 e. The van der Waals surface area contributed by atoms with Gasteiger partial charge in [0.2, 0.25) is 5.91 Å². The van der Waals surface area contributed by atoms with E-state index in [0.717, 1.165) is 31.7 Å². The van der Waals surface area contributed by atoms with Crippen molar-refractivity contribution in [1.29, 1.82) is 0 Å². The highest BCUT2D eigenvalue weighted by atomic mass is 16.2. The second kappa shape index (κ2) is 4.73. The van der Waals surface area contributed by atoms with Crippen LogP contribution < -0.4 is 4.90 Å². The highest BCUT2D eigenvalue weighted by Crippen LogP contribution is 2.28. The van der Waals surface area contributed by atoms with Gasteiger partial charge < -0.3 is 4.90 Å². The first kappa shape index (κ1) is 11.7. The van der Waals surface area contributed by atoms with Gasteiger partial charge in [0, 0.05) is 12.2 Å². The summed E-state index contributed by atoms with van der Waals surface area (Å²) in [4.78, 5) is 16.9. The molecule has 0 radical (unpaired) electrons. The van der Waals surface area contributed by atoms with Crippen LogP contribution in [-0.2, 0) is 11.2 Å². The molecule has 2 aliphatic heterocycles. The minimum atomic E-state index is 0.0265. The fraction of sp³-hybridized carbons (Fsp3) is 0.533. The van der Waals surface area contributed by atoms with Crippen molar-refractivity contribution in [3.05, 3.63) is 29.8 Å². The van der Waals surface area contributed by atoms with Gasteiger partial charge in [-0.25, -0.2) is 0 Å². The number of rotatable bonds is 2. The SMILES string of the molecule is CC(C(=O)N1CCc2ccccc21)N1CCCC1. The molecule has 3 rings (SSSR count). The van der Waals surface area contributed by atoms with E-state index in [0.29, 0.717) is 0 Å². The highest BCUT2D eigenvalue weighted by molar-refractivity contribution is 5.98. The Balaban J connectivity index is 1.77. The van der Waals surface area contributed by atoms with E-state index in [1.165, 1.54) is 18.4 Å². The molecule has 1 saturated heterocycles. The molecule has 2 aliphatic rings. The Labute approximate surface area is 108 Å². The number of para-hydroxylation sites is 1. The maximum atomic E-state index is 12.6. The van der Waals surface area contributed by atoms with Crippen molar-refractivity contribution < 1.29 is 4.79 Å². The normalized spacial score (nSPS) is 21.1. The van der Waals surface area contributed by atoms with Crippen molar-refractivity contribution >= 4 is 11.6 Å². The van der Waals surface area contributed by atoms with Crippen molar-refractivity contribution in [1.82, 2.24) is 4.90 Å². The summed E-state index contributed by atoms with van der Waals surface area (Å²) in [6.45, 7) is 5.04. The molecule has 1 amide bonds. The van der Waals surface area contributed by atoms with Gasteiger partial charge in [0.15, 0.2) is 0 Å². The van der Waals surface area contributed by atoms with Crippen LogP contribution in [0.1, 0.15) is 25.3 Å². The maximum absolute atomic E-state index is 12.6. The van der Waals surface area contributed by atoms with Crippen molar-refractivity contribution in [2.75, 3.05) is 24.5 Å². The average molecular weight is 244 g/mol. The molecule has 0 N–H and O–H groups in total. The quantitative estimate of drug-likeness (QED) is 0.795. The van der Waals surface area contributed by atoms with E-state index >= 15 is 0 Å². The third-order valence-corrected chi connectivity index (χ3v) is 4.20. The molecule has 1 atom stereocenters. The fourth-order valence-electron chi connectivity index (χ4n) is 3.08. The first-order valence-electron chi connectivity index (χ1n) is 6.91. The van der Waals surface area contributed by atoms with E-state index in [-0.39, 0.29) is 11.9 Å². The van der Waals surface area contributed by atoms with Gasteiger partial charge in [-0.1, -0.05) is 18.2 Å². The van der Waals surface area contributed by atoms with Gasteiger partial charge in [0.25, 0.3) is 0 Å². The van der Waals surface area contributed by atoms with E-state index in [2.05, 4.69) is 30.0 Å². The predicted molar refractivity (Wildman–Crippen MR) is 72.8 cm³/mol. The number of anilines is 1. The van der Waals surface area contributed by atoms with Crippen molar-refractivity contribution in [3.8, 4) is 0 Å². The van der Waals surface area contributed by atoms with Crippen molar-refractivity contribution in [3.63, 3.8) is 0 Å². The third kappa shape index (κ3) is 1.93. The van der Waals surface area contributed by atoms with E-state index in [1.807, 2.05) is 11.0 Å². The number of carbonyl (C=O) groups is 1. The summed E-state index contributed by atoms with van der Waals surface area (Å²) in [5, 5.41) is 0. The summed E-state index contributed by atoms with van der Waals surface area (Å²) in [5.41, 5.74) is 2.42. The lowest BCUT2D eigenvalue weighted by Crippen LogP contribution is -2.45. The Hall–Kier alpha value is -1.35. The smallest absolute Gasteiger partial charge is 0.244 e. The fourth-order valence-corrected chi connectivity index (χ4v) is 3.08. The molecular weight excluding hydrogens is 224 g/mol. The number of likely N-dealkylation sites (tertiary alicyclic amines) is 1. The number of benzene rings is 1. The first-order valence-corrected chi connectivity index (χ1v) is 6.91. The highest BCUT2D eigenvalue weighted by Gasteiger charge is 2.31. The van der Waals surface area contributed by atoms with Gasteiger partial charge >= 0.3 is 0 Å². The molecule has 0 aromatic heterocycles. The summed E-state index contributed by atoms with van der Waals surface area (Å²) in [6.07, 6.45) is 3.46. The molecule has 96 valence electrons. The van der Waals surface area contributed by atoms with Crippen molar-refractivity contribution in [2.24, 2.45) is 0 Å². The Morgan fingerprint density at radius 2 is 1.89 bits per heavy atom. The standard InChI is InChI=1S/C15H20N2O/c1-12(16-9-4-5-10-16)15(18)17-11-8-13-6-2-3-7-14(13)17/h2-3,6-7,12H,4-5,8-11H2,1H3. The molecule has 1 fully saturated rings. The monoisotopic (exact) mass is 244 g/mol. The summed E-state index contributed by atoms with van der Waals surface area (Å²) in [5.74, 6) is 0.266. The first-order chi connectivity index (χ1) is 8.77. The minimum absolute atomic E-state index is 0.0265. The number of amides is 1. The van der Waals surface area contributed by atoms with Gasteiger partial charge in [-0.2, -0.15) is 0 Å². The number of fused-ring (bicyclic) bond motifs is 1. The lowest BCUT2D eigenvalue weighted by Gasteiger charge is -2.27. The van der Waals surface area contributed by atoms with Crippen LogP contribution in [0.5, 0.6) is 0 Å². The van der Waals surface area contributed by atoms with Gasteiger partial charge in [-0.3, -0.25) is 9.69 Å². The third-order valence-electron chi connectivity index (χ3n) is 4.20. The number of carbonyl (C=O) groups excluding carboxylic acids is 1. The van der Waals surface area contributed by atoms with Crippen LogP contribution in [-0.4, -0.2) is 36.5 Å². The van der Waals surface area contributed by atoms with Crippen LogP contribution in [0.25, 0.3) is 0 Å². The molecule has 1 aromatic rings. The average Bonchev–Trinajstić information content (AvgIpc) is 3.06. The molecular formula is C15H20N2O. The van der Waals surface area contributed by atoms with E-state index in [4.69, 9.17) is 0 Å². The summed E-state index contributed by atoms with van der Waals surface area (Å²) >= 11 is 0. The Morgan fingerprint density at radius 3 is 2.67 bits per heavy atom. The molecule has 18 heavy (non-hydrogen) atoms. The predicted octanol–water partition coefficient (Wildman–Crippen LogP) is 2.06. The Kier molecular flexibility index (Phi) is 3.08. The van der Waals surface area contributed by atoms with Crippen LogP contribution in [0, 0.1) is 0 Å². The lowest BCUT2D eigenvalue weighted by molar-refractivity contribution is -0.122. The Morgan fingerprint density at radius 1 is 1.17 bits per heavy atom. The minimum Gasteiger partial charge on any atom is -0.310 e. The zero-order chi connectivity index (χ0) is 12.5. The zero-order valence-electron chi connectivity index (χ0n) is 10.9. The van der Waals surface area contributed by atoms with Gasteiger partial charge in [-0.15, -0.1) is 0 Å². The molecule has 0 saturated carbocycles. The molecule has 1 unspecified atom stereocenters. The zero-order valence-corrected chi connectivity index (χ0v) is 10.9. The van der Waals surface area contributed by atoms with Gasteiger partial charge in [0.05, 0.1) is 6.04 Å². The van der Waals surface area contributed by atoms with Crippen LogP contribution in [0.3, 0.4) is 0 Å². The van der Waals surface area contributed by atoms with Crippen LogP contribution in [0.4, 0.5) is 5.69 Å². The number of nitrogens with zero attached hydrogens (tertiary/aromatic N) is 2. The van der Waals surface area contributed by atoms with Crippen molar-refractivity contribution in [2.45, 2.75) is 32.2 Å². The summed E-state index contributed by atoms with van der Waals surface area (Å²) in [7, 11) is 0. The largest absolute Gasteiger partial charge is 0.310 e. The molecule has 3 nitrogen and oxygen atoms in total. The number of hydrogen-bond acceptors (Lipinski definition) is 2. The number of hydrogen-bond donors (Lipinski definition) is 0. The lowest BCUT2D eigenvalue weighted by atomic mass is 10.2. The van der Waals surface area contributed by atoms with Gasteiger partial charge in [-0.05, 0) is 50.9 Å². The second-order valence-corrected chi connectivity index (χ2v) is 5.29. The Bertz CT molecular complexity index is 452. The van der Waals surface area contributed by atoms with Crippen LogP contribution in [0.15, 0.2) is 24.3 Å². The summed E-state index contributed by atoms with van der Waals surface area (Å²) in [6, 6.07) is 8.29. The van der Waals surface area contributed by atoms with Crippen LogP contribution in [0.2, 0.25) is 0 Å².